The maximum absolute atomic E-state index is 13.2. The predicted molar refractivity (Wildman–Crippen MR) is 129 cm³/mol. The molecule has 0 aliphatic carbocycles. The molecule has 0 spiro atoms. The van der Waals surface area contributed by atoms with E-state index >= 15 is 0 Å². The molecule has 6 rings (SSSR count). The number of nitrogens with zero attached hydrogens (tertiary/aromatic N) is 5. The highest BCUT2D eigenvalue weighted by atomic mass is 16.5. The van der Waals surface area contributed by atoms with Crippen molar-refractivity contribution in [3.05, 3.63) is 54.0 Å². The van der Waals surface area contributed by atoms with Crippen molar-refractivity contribution < 1.29 is 14.3 Å². The fourth-order valence-corrected chi connectivity index (χ4v) is 5.46. The number of hydrogen-bond acceptors (Lipinski definition) is 6. The lowest BCUT2D eigenvalue weighted by atomic mass is 10.0. The van der Waals surface area contributed by atoms with Gasteiger partial charge < -0.3 is 23.8 Å². The van der Waals surface area contributed by atoms with Crippen LogP contribution in [0.1, 0.15) is 54.0 Å². The summed E-state index contributed by atoms with van der Waals surface area (Å²) in [6, 6.07) is 12.3. The van der Waals surface area contributed by atoms with E-state index in [0.29, 0.717) is 0 Å². The highest BCUT2D eigenvalue weighted by Gasteiger charge is 2.31. The predicted octanol–water partition coefficient (Wildman–Crippen LogP) is 3.60. The molecule has 1 unspecified atom stereocenters. The van der Waals surface area contributed by atoms with Crippen LogP contribution in [0.3, 0.4) is 0 Å². The number of ether oxygens (including phenoxy) is 2. The molecule has 178 valence electrons. The molecule has 8 nitrogen and oxygen atoms in total. The van der Waals surface area contributed by atoms with E-state index in [1.54, 1.807) is 0 Å². The van der Waals surface area contributed by atoms with E-state index in [2.05, 4.69) is 26.6 Å². The summed E-state index contributed by atoms with van der Waals surface area (Å²) in [7, 11) is 0. The Bertz CT molecular complexity index is 1140. The molecule has 3 aliphatic heterocycles. The standard InChI is InChI=1S/C26H31N5O3/c32-26(19-5-7-20(8-6-19)29-14-17-33-18-15-29)30-12-9-21(10-13-30)31-24-22(3-1-11-27-24)28-25(31)23-4-2-16-34-23/h1,3,5-8,11,21,23H,2,4,9-10,12-18H2. The van der Waals surface area contributed by atoms with Gasteiger partial charge in [-0.2, -0.15) is 0 Å². The van der Waals surface area contributed by atoms with E-state index in [4.69, 9.17) is 14.5 Å². The van der Waals surface area contributed by atoms with E-state index in [-0.39, 0.29) is 18.1 Å². The van der Waals surface area contributed by atoms with Gasteiger partial charge in [0.05, 0.1) is 13.2 Å². The van der Waals surface area contributed by atoms with Crippen LogP contribution in [0.25, 0.3) is 11.2 Å². The summed E-state index contributed by atoms with van der Waals surface area (Å²) in [6.45, 7) is 5.55. The summed E-state index contributed by atoms with van der Waals surface area (Å²) in [5.74, 6) is 1.11. The Morgan fingerprint density at radius 2 is 1.74 bits per heavy atom. The molecule has 0 bridgehead atoms. The lowest BCUT2D eigenvalue weighted by Crippen LogP contribution is -2.39. The number of fused-ring (bicyclic) bond motifs is 1. The SMILES string of the molecule is O=C(c1ccc(N2CCOCC2)cc1)N1CCC(n2c(C3CCCO3)nc3cccnc32)CC1. The van der Waals surface area contributed by atoms with Crippen LogP contribution in [-0.2, 0) is 9.47 Å². The Labute approximate surface area is 199 Å². The summed E-state index contributed by atoms with van der Waals surface area (Å²) in [4.78, 5) is 27.0. The van der Waals surface area contributed by atoms with Gasteiger partial charge in [-0.15, -0.1) is 0 Å². The smallest absolute Gasteiger partial charge is 0.253 e. The Hall–Kier alpha value is -2.97. The molecule has 0 N–H and O–H groups in total. The Morgan fingerprint density at radius 3 is 2.47 bits per heavy atom. The molecule has 3 fully saturated rings. The number of aromatic nitrogens is 3. The van der Waals surface area contributed by atoms with Crippen molar-refractivity contribution in [2.45, 2.75) is 37.8 Å². The minimum atomic E-state index is 0.0406. The van der Waals surface area contributed by atoms with Crippen LogP contribution in [0, 0.1) is 0 Å². The van der Waals surface area contributed by atoms with Crippen molar-refractivity contribution in [3.8, 4) is 0 Å². The molecule has 2 aromatic heterocycles. The zero-order valence-electron chi connectivity index (χ0n) is 19.4. The number of carbonyl (C=O) groups is 1. The number of likely N-dealkylation sites (tertiary alicyclic amines) is 1. The van der Waals surface area contributed by atoms with Crippen LogP contribution in [0.15, 0.2) is 42.6 Å². The van der Waals surface area contributed by atoms with Crippen molar-refractivity contribution in [2.75, 3.05) is 50.9 Å². The maximum Gasteiger partial charge on any atom is 0.253 e. The van der Waals surface area contributed by atoms with Gasteiger partial charge in [0.15, 0.2) is 5.65 Å². The van der Waals surface area contributed by atoms with Gasteiger partial charge in [0, 0.05) is 56.3 Å². The first-order valence-electron chi connectivity index (χ1n) is 12.4. The number of amides is 1. The zero-order chi connectivity index (χ0) is 22.9. The van der Waals surface area contributed by atoms with Crippen LogP contribution < -0.4 is 4.90 Å². The number of piperidine rings is 1. The molecule has 34 heavy (non-hydrogen) atoms. The highest BCUT2D eigenvalue weighted by Crippen LogP contribution is 2.35. The molecule has 3 saturated heterocycles. The third kappa shape index (κ3) is 4.05. The molecule has 0 radical (unpaired) electrons. The number of benzene rings is 1. The van der Waals surface area contributed by atoms with E-state index in [1.807, 2.05) is 35.4 Å². The summed E-state index contributed by atoms with van der Waals surface area (Å²) >= 11 is 0. The van der Waals surface area contributed by atoms with Crippen molar-refractivity contribution in [1.82, 2.24) is 19.4 Å². The number of rotatable bonds is 4. The number of morpholine rings is 1. The van der Waals surface area contributed by atoms with Crippen LogP contribution in [0.2, 0.25) is 0 Å². The molecule has 3 aromatic rings. The second-order valence-corrected chi connectivity index (χ2v) is 9.36. The quantitative estimate of drug-likeness (QED) is 0.591. The third-order valence-electron chi connectivity index (χ3n) is 7.30. The van der Waals surface area contributed by atoms with E-state index in [1.165, 1.54) is 0 Å². The Morgan fingerprint density at radius 1 is 0.941 bits per heavy atom. The number of carbonyl (C=O) groups excluding carboxylic acids is 1. The first kappa shape index (κ1) is 21.6. The maximum atomic E-state index is 13.2. The van der Waals surface area contributed by atoms with Gasteiger partial charge >= 0.3 is 0 Å². The average Bonchev–Trinajstić information content (AvgIpc) is 3.57. The molecule has 5 heterocycles. The van der Waals surface area contributed by atoms with Gasteiger partial charge in [0.1, 0.15) is 17.4 Å². The second-order valence-electron chi connectivity index (χ2n) is 9.36. The molecule has 3 aliphatic rings. The first-order valence-corrected chi connectivity index (χ1v) is 12.4. The fraction of sp³-hybridized carbons (Fsp3) is 0.500. The van der Waals surface area contributed by atoms with Crippen LogP contribution in [-0.4, -0.2) is 71.3 Å². The van der Waals surface area contributed by atoms with Crippen LogP contribution in [0.4, 0.5) is 5.69 Å². The van der Waals surface area contributed by atoms with Crippen molar-refractivity contribution in [1.29, 1.82) is 0 Å². The largest absolute Gasteiger partial charge is 0.378 e. The van der Waals surface area contributed by atoms with Gasteiger partial charge in [-0.25, -0.2) is 9.97 Å². The van der Waals surface area contributed by atoms with Gasteiger partial charge in [0.2, 0.25) is 0 Å². The van der Waals surface area contributed by atoms with Gasteiger partial charge in [-0.05, 0) is 62.1 Å². The van der Waals surface area contributed by atoms with Gasteiger partial charge in [0.25, 0.3) is 5.91 Å². The van der Waals surface area contributed by atoms with Crippen molar-refractivity contribution in [3.63, 3.8) is 0 Å². The summed E-state index contributed by atoms with van der Waals surface area (Å²) in [6.07, 6.45) is 5.72. The van der Waals surface area contributed by atoms with Gasteiger partial charge in [-0.1, -0.05) is 0 Å². The number of pyridine rings is 1. The number of anilines is 1. The zero-order valence-corrected chi connectivity index (χ0v) is 19.4. The Balaban J connectivity index is 1.16. The Kier molecular flexibility index (Phi) is 5.93. The first-order chi connectivity index (χ1) is 16.8. The molecule has 1 atom stereocenters. The summed E-state index contributed by atoms with van der Waals surface area (Å²) in [5, 5.41) is 0. The van der Waals surface area contributed by atoms with Crippen molar-refractivity contribution in [2.24, 2.45) is 0 Å². The lowest BCUT2D eigenvalue weighted by Gasteiger charge is -2.34. The molecular formula is C26H31N5O3. The lowest BCUT2D eigenvalue weighted by molar-refractivity contribution is 0.0682. The van der Waals surface area contributed by atoms with Crippen LogP contribution in [0.5, 0.6) is 0 Å². The molecule has 1 amide bonds. The average molecular weight is 462 g/mol. The minimum absolute atomic E-state index is 0.0406. The number of hydrogen-bond donors (Lipinski definition) is 0. The highest BCUT2D eigenvalue weighted by molar-refractivity contribution is 5.94. The second kappa shape index (κ2) is 9.35. The van der Waals surface area contributed by atoms with Crippen LogP contribution >= 0.6 is 0 Å². The molecular weight excluding hydrogens is 430 g/mol. The molecule has 8 heteroatoms. The molecule has 0 saturated carbocycles. The minimum Gasteiger partial charge on any atom is -0.378 e. The monoisotopic (exact) mass is 461 g/mol. The molecule has 1 aromatic carbocycles. The van der Waals surface area contributed by atoms with E-state index < -0.39 is 0 Å². The van der Waals surface area contributed by atoms with E-state index in [9.17, 15) is 4.79 Å². The fourth-order valence-electron chi connectivity index (χ4n) is 5.46. The summed E-state index contributed by atoms with van der Waals surface area (Å²) < 4.78 is 13.7. The van der Waals surface area contributed by atoms with Gasteiger partial charge in [-0.3, -0.25) is 4.79 Å². The summed E-state index contributed by atoms with van der Waals surface area (Å²) in [5.41, 5.74) is 3.76. The normalized spacial score (nSPS) is 21.9. The van der Waals surface area contributed by atoms with Crippen molar-refractivity contribution >= 4 is 22.8 Å². The topological polar surface area (TPSA) is 72.7 Å². The van der Waals surface area contributed by atoms with E-state index in [0.717, 1.165) is 99.9 Å². The third-order valence-corrected chi connectivity index (χ3v) is 7.30. The number of imidazole rings is 1.